The van der Waals surface area contributed by atoms with Crippen molar-refractivity contribution < 1.29 is 0 Å². The van der Waals surface area contributed by atoms with Crippen LogP contribution >= 0.6 is 0 Å². The summed E-state index contributed by atoms with van der Waals surface area (Å²) < 4.78 is 4.56. The Labute approximate surface area is 277 Å². The van der Waals surface area contributed by atoms with E-state index in [1.165, 1.54) is 10.8 Å². The molecule has 0 N–H and O–H groups in total. The smallest absolute Gasteiger partial charge is 0.0992 e. The Morgan fingerprint density at radius 3 is 1.44 bits per heavy atom. The van der Waals surface area contributed by atoms with Gasteiger partial charge >= 0.3 is 0 Å². The summed E-state index contributed by atoms with van der Waals surface area (Å²) in [5.74, 6) is 0. The van der Waals surface area contributed by atoms with E-state index >= 15 is 0 Å². The Bertz CT molecular complexity index is 2710. The molecule has 0 aliphatic rings. The Morgan fingerprint density at radius 2 is 0.875 bits per heavy atom. The molecule has 0 atom stereocenters. The van der Waals surface area contributed by atoms with Crippen LogP contribution in [-0.2, 0) is 0 Å². The van der Waals surface area contributed by atoms with Gasteiger partial charge in [0.25, 0.3) is 0 Å². The summed E-state index contributed by atoms with van der Waals surface area (Å²) in [4.78, 5) is 0. The van der Waals surface area contributed by atoms with E-state index in [-0.39, 0.29) is 0 Å². The number of rotatable bonds is 4. The molecule has 2 aromatic heterocycles. The van der Waals surface area contributed by atoms with Crippen molar-refractivity contribution in [2.75, 3.05) is 0 Å². The third kappa shape index (κ3) is 4.14. The zero-order valence-electron chi connectivity index (χ0n) is 25.8. The normalized spacial score (nSPS) is 11.3. The van der Waals surface area contributed by atoms with Crippen molar-refractivity contribution in [3.05, 3.63) is 169 Å². The van der Waals surface area contributed by atoms with E-state index in [9.17, 15) is 10.5 Å². The van der Waals surface area contributed by atoms with Gasteiger partial charge in [0.2, 0.25) is 0 Å². The summed E-state index contributed by atoms with van der Waals surface area (Å²) in [7, 11) is 0. The lowest BCUT2D eigenvalue weighted by molar-refractivity contribution is 1.18. The third-order valence-electron chi connectivity index (χ3n) is 9.36. The third-order valence-corrected chi connectivity index (χ3v) is 9.36. The van der Waals surface area contributed by atoms with Crippen molar-refractivity contribution in [1.29, 1.82) is 10.5 Å². The van der Waals surface area contributed by atoms with Gasteiger partial charge in [0, 0.05) is 32.8 Å². The first-order valence-electron chi connectivity index (χ1n) is 15.9. The maximum Gasteiger partial charge on any atom is 0.0992 e. The first kappa shape index (κ1) is 27.4. The van der Waals surface area contributed by atoms with Crippen LogP contribution in [0.25, 0.3) is 77.2 Å². The molecule has 9 aromatic rings. The fraction of sp³-hybridized carbons (Fsp3) is 0. The van der Waals surface area contributed by atoms with E-state index in [2.05, 4.69) is 137 Å². The average molecular weight is 611 g/mol. The summed E-state index contributed by atoms with van der Waals surface area (Å²) >= 11 is 0. The van der Waals surface area contributed by atoms with Crippen LogP contribution in [0.1, 0.15) is 11.1 Å². The van der Waals surface area contributed by atoms with Crippen molar-refractivity contribution in [1.82, 2.24) is 9.13 Å². The van der Waals surface area contributed by atoms with Crippen LogP contribution in [0.4, 0.5) is 0 Å². The summed E-state index contributed by atoms with van der Waals surface area (Å²) in [6, 6.07) is 58.8. The molecule has 48 heavy (non-hydrogen) atoms. The van der Waals surface area contributed by atoms with Crippen molar-refractivity contribution in [3.8, 4) is 45.8 Å². The van der Waals surface area contributed by atoms with Gasteiger partial charge in [0.15, 0.2) is 0 Å². The molecular weight excluding hydrogens is 585 g/mol. The van der Waals surface area contributed by atoms with Gasteiger partial charge in [0.1, 0.15) is 0 Å². The largest absolute Gasteiger partial charge is 0.309 e. The minimum atomic E-state index is 0.549. The number of hydrogen-bond donors (Lipinski definition) is 0. The van der Waals surface area contributed by atoms with Gasteiger partial charge in [-0.2, -0.15) is 10.5 Å². The number of benzene rings is 7. The molecule has 2 heterocycles. The van der Waals surface area contributed by atoms with Gasteiger partial charge < -0.3 is 9.13 Å². The summed E-state index contributed by atoms with van der Waals surface area (Å²) in [5.41, 5.74) is 11.2. The number of hydrogen-bond acceptors (Lipinski definition) is 2. The fourth-order valence-electron chi connectivity index (χ4n) is 7.33. The molecule has 4 heteroatoms. The summed E-state index contributed by atoms with van der Waals surface area (Å²) in [5, 5.41) is 25.0. The lowest BCUT2D eigenvalue weighted by Crippen LogP contribution is -1.99. The highest BCUT2D eigenvalue weighted by molar-refractivity contribution is 6.11. The number of nitrogens with zero attached hydrogens (tertiary/aromatic N) is 4. The lowest BCUT2D eigenvalue weighted by atomic mass is 9.91. The van der Waals surface area contributed by atoms with E-state index in [0.29, 0.717) is 11.1 Å². The van der Waals surface area contributed by atoms with Crippen LogP contribution in [0, 0.1) is 22.7 Å². The predicted octanol–water partition coefficient (Wildman–Crippen LogP) is 11.0. The molecule has 0 aliphatic heterocycles. The summed E-state index contributed by atoms with van der Waals surface area (Å²) in [6.45, 7) is 0. The number of aromatic nitrogens is 2. The van der Waals surface area contributed by atoms with E-state index in [1.807, 2.05) is 42.5 Å². The van der Waals surface area contributed by atoms with Crippen LogP contribution in [0.15, 0.2) is 158 Å². The highest BCUT2D eigenvalue weighted by atomic mass is 15.0. The monoisotopic (exact) mass is 610 g/mol. The van der Waals surface area contributed by atoms with E-state index in [4.69, 9.17) is 0 Å². The van der Waals surface area contributed by atoms with Gasteiger partial charge in [0.05, 0.1) is 51.0 Å². The first-order chi connectivity index (χ1) is 23.7. The molecular formula is C44H26N4. The molecule has 9 rings (SSSR count). The molecule has 0 amide bonds. The average Bonchev–Trinajstić information content (AvgIpc) is 3.67. The zero-order chi connectivity index (χ0) is 32.2. The predicted molar refractivity (Wildman–Crippen MR) is 195 cm³/mol. The van der Waals surface area contributed by atoms with Crippen LogP contribution in [0.3, 0.4) is 0 Å². The maximum absolute atomic E-state index is 10.3. The van der Waals surface area contributed by atoms with Crippen molar-refractivity contribution in [3.63, 3.8) is 0 Å². The molecule has 0 radical (unpaired) electrons. The topological polar surface area (TPSA) is 57.4 Å². The first-order valence-corrected chi connectivity index (χ1v) is 15.9. The number of fused-ring (bicyclic) bond motifs is 6. The van der Waals surface area contributed by atoms with Gasteiger partial charge in [-0.05, 0) is 77.4 Å². The van der Waals surface area contributed by atoms with E-state index in [1.54, 1.807) is 0 Å². The van der Waals surface area contributed by atoms with Crippen molar-refractivity contribution in [2.24, 2.45) is 0 Å². The Morgan fingerprint density at radius 1 is 0.375 bits per heavy atom. The number of nitriles is 2. The SMILES string of the molecule is N#Cc1cc(-c2cc(C#N)ccc2-c2ccccc2-n2c3ccccc3c3ccccc32)cc(-n2c3ccccc3c3ccccc32)c1. The van der Waals surface area contributed by atoms with E-state index in [0.717, 1.165) is 66.5 Å². The highest BCUT2D eigenvalue weighted by Gasteiger charge is 2.19. The van der Waals surface area contributed by atoms with Crippen LogP contribution in [-0.4, -0.2) is 9.13 Å². The number of para-hydroxylation sites is 5. The minimum absolute atomic E-state index is 0.549. The lowest BCUT2D eigenvalue weighted by Gasteiger charge is -2.18. The van der Waals surface area contributed by atoms with Crippen molar-refractivity contribution in [2.45, 2.75) is 0 Å². The molecule has 0 unspecified atom stereocenters. The Kier molecular flexibility index (Phi) is 6.22. The van der Waals surface area contributed by atoms with Crippen LogP contribution in [0.2, 0.25) is 0 Å². The molecule has 7 aromatic carbocycles. The molecule has 4 nitrogen and oxygen atoms in total. The van der Waals surface area contributed by atoms with Gasteiger partial charge in [-0.3, -0.25) is 0 Å². The second-order valence-electron chi connectivity index (χ2n) is 12.0. The van der Waals surface area contributed by atoms with Crippen LogP contribution < -0.4 is 0 Å². The molecule has 0 bridgehead atoms. The molecule has 0 aliphatic carbocycles. The minimum Gasteiger partial charge on any atom is -0.309 e. The molecule has 0 saturated carbocycles. The maximum atomic E-state index is 10.3. The molecule has 222 valence electrons. The van der Waals surface area contributed by atoms with Gasteiger partial charge in [-0.25, -0.2) is 0 Å². The fourth-order valence-corrected chi connectivity index (χ4v) is 7.33. The molecule has 0 saturated heterocycles. The quantitative estimate of drug-likeness (QED) is 0.199. The Balaban J connectivity index is 1.32. The van der Waals surface area contributed by atoms with Crippen LogP contribution in [0.5, 0.6) is 0 Å². The zero-order valence-corrected chi connectivity index (χ0v) is 25.8. The Hall–Kier alpha value is -6.88. The second-order valence-corrected chi connectivity index (χ2v) is 12.0. The van der Waals surface area contributed by atoms with Gasteiger partial charge in [-0.15, -0.1) is 0 Å². The van der Waals surface area contributed by atoms with E-state index < -0.39 is 0 Å². The summed E-state index contributed by atoms with van der Waals surface area (Å²) in [6.07, 6.45) is 0. The molecule has 0 spiro atoms. The molecule has 0 fully saturated rings. The second kappa shape index (κ2) is 10.9. The van der Waals surface area contributed by atoms with Crippen molar-refractivity contribution >= 4 is 43.6 Å². The highest BCUT2D eigenvalue weighted by Crippen LogP contribution is 2.41. The van der Waals surface area contributed by atoms with Gasteiger partial charge in [-0.1, -0.05) is 97.1 Å². The standard InChI is InChI=1S/C44H26N4/c45-27-29-21-22-33(34-11-1-8-18-42(34)48-43-19-9-4-14-37(43)38-15-5-10-20-44(38)48)39(25-29)31-23-30(28-46)24-32(26-31)47-40-16-6-2-12-35(40)36-13-3-7-17-41(36)47/h1-26H.